The summed E-state index contributed by atoms with van der Waals surface area (Å²) in [6.45, 7) is 4.73. The first-order valence-electron chi connectivity index (χ1n) is 10.9. The van der Waals surface area contributed by atoms with Gasteiger partial charge in [-0.05, 0) is 41.1 Å². The molecule has 4 rings (SSSR count). The summed E-state index contributed by atoms with van der Waals surface area (Å²) in [5.74, 6) is 0.622. The summed E-state index contributed by atoms with van der Waals surface area (Å²) < 4.78 is 10.7. The van der Waals surface area contributed by atoms with Crippen LogP contribution in [0.2, 0.25) is 0 Å². The van der Waals surface area contributed by atoms with Gasteiger partial charge in [0, 0.05) is 28.7 Å². The first kappa shape index (κ1) is 22.9. The molecule has 0 fully saturated rings. The van der Waals surface area contributed by atoms with E-state index in [9.17, 15) is 9.59 Å². The molecule has 172 valence electrons. The van der Waals surface area contributed by atoms with Gasteiger partial charge in [0.15, 0.2) is 11.5 Å². The Morgan fingerprint density at radius 2 is 1.82 bits per heavy atom. The van der Waals surface area contributed by atoms with E-state index in [0.29, 0.717) is 29.3 Å². The highest BCUT2D eigenvalue weighted by molar-refractivity contribution is 7.10. The van der Waals surface area contributed by atoms with Crippen LogP contribution in [0.1, 0.15) is 46.6 Å². The first-order valence-corrected chi connectivity index (χ1v) is 11.8. The number of rotatable bonds is 7. The molecular formula is C26H28N2O4S. The van der Waals surface area contributed by atoms with Crippen molar-refractivity contribution in [3.63, 3.8) is 0 Å². The highest BCUT2D eigenvalue weighted by Crippen LogP contribution is 2.45. The molecule has 0 bridgehead atoms. The number of amides is 2. The smallest absolute Gasteiger partial charge is 0.254 e. The number of fused-ring (bicyclic) bond motifs is 1. The lowest BCUT2D eigenvalue weighted by Gasteiger charge is -2.42. The number of benzene rings is 2. The van der Waals surface area contributed by atoms with Gasteiger partial charge in [0.05, 0.1) is 26.2 Å². The summed E-state index contributed by atoms with van der Waals surface area (Å²) in [5.41, 5.74) is 1.93. The van der Waals surface area contributed by atoms with Crippen LogP contribution < -0.4 is 14.8 Å². The molecule has 1 aromatic heterocycles. The third-order valence-electron chi connectivity index (χ3n) is 5.77. The number of thiophene rings is 1. The van der Waals surface area contributed by atoms with E-state index in [1.807, 2.05) is 46.7 Å². The molecule has 3 aromatic rings. The molecule has 0 spiro atoms. The van der Waals surface area contributed by atoms with E-state index in [4.69, 9.17) is 9.47 Å². The SMILES string of the molecule is COc1ccc(NC(=O)C2c3ccccc3C(=O)N(CC(C)C)C2c2cccs2)cc1OC. The van der Waals surface area contributed by atoms with Gasteiger partial charge >= 0.3 is 0 Å². The number of carbonyl (C=O) groups is 2. The molecule has 0 saturated heterocycles. The van der Waals surface area contributed by atoms with Crippen molar-refractivity contribution in [1.29, 1.82) is 0 Å². The fourth-order valence-electron chi connectivity index (χ4n) is 4.38. The summed E-state index contributed by atoms with van der Waals surface area (Å²) in [6.07, 6.45) is 0. The van der Waals surface area contributed by atoms with Crippen molar-refractivity contribution < 1.29 is 19.1 Å². The van der Waals surface area contributed by atoms with E-state index in [1.165, 1.54) is 0 Å². The summed E-state index contributed by atoms with van der Waals surface area (Å²) in [6, 6.07) is 16.3. The molecule has 0 saturated carbocycles. The van der Waals surface area contributed by atoms with Gasteiger partial charge in [0.25, 0.3) is 5.91 Å². The van der Waals surface area contributed by atoms with Gasteiger partial charge < -0.3 is 19.7 Å². The molecule has 2 heterocycles. The largest absolute Gasteiger partial charge is 0.493 e. The minimum atomic E-state index is -0.551. The van der Waals surface area contributed by atoms with Crippen molar-refractivity contribution in [2.75, 3.05) is 26.1 Å². The van der Waals surface area contributed by atoms with Crippen LogP contribution in [0.25, 0.3) is 0 Å². The van der Waals surface area contributed by atoms with Crippen LogP contribution in [-0.4, -0.2) is 37.5 Å². The van der Waals surface area contributed by atoms with Gasteiger partial charge in [-0.3, -0.25) is 9.59 Å². The number of carbonyl (C=O) groups excluding carboxylic acids is 2. The van der Waals surface area contributed by atoms with Gasteiger partial charge in [-0.1, -0.05) is 38.1 Å². The van der Waals surface area contributed by atoms with E-state index < -0.39 is 5.92 Å². The maximum Gasteiger partial charge on any atom is 0.254 e. The van der Waals surface area contributed by atoms with Crippen LogP contribution in [0.15, 0.2) is 60.0 Å². The first-order chi connectivity index (χ1) is 15.9. The lowest BCUT2D eigenvalue weighted by molar-refractivity contribution is -0.119. The number of hydrogen-bond acceptors (Lipinski definition) is 5. The highest BCUT2D eigenvalue weighted by Gasteiger charge is 2.44. The predicted molar refractivity (Wildman–Crippen MR) is 130 cm³/mol. The Morgan fingerprint density at radius 1 is 1.06 bits per heavy atom. The summed E-state index contributed by atoms with van der Waals surface area (Å²) in [5, 5.41) is 5.03. The Balaban J connectivity index is 1.78. The van der Waals surface area contributed by atoms with Crippen LogP contribution >= 0.6 is 11.3 Å². The maximum atomic E-state index is 13.8. The minimum absolute atomic E-state index is 0.0344. The monoisotopic (exact) mass is 464 g/mol. The number of methoxy groups -OCH3 is 2. The summed E-state index contributed by atoms with van der Waals surface area (Å²) >= 11 is 1.57. The van der Waals surface area contributed by atoms with Gasteiger partial charge in [-0.25, -0.2) is 0 Å². The molecule has 7 heteroatoms. The number of hydrogen-bond donors (Lipinski definition) is 1. The normalized spacial score (nSPS) is 17.6. The quantitative estimate of drug-likeness (QED) is 0.512. The molecule has 2 unspecified atom stereocenters. The van der Waals surface area contributed by atoms with Crippen LogP contribution in [0.4, 0.5) is 5.69 Å². The standard InChI is InChI=1S/C26H28N2O4S/c1-16(2)15-28-24(22-10-7-13-33-22)23(18-8-5-6-9-19(18)26(28)30)25(29)27-17-11-12-20(31-3)21(14-17)32-4/h5-14,16,23-24H,15H2,1-4H3,(H,27,29). The molecular weight excluding hydrogens is 436 g/mol. The zero-order valence-electron chi connectivity index (χ0n) is 19.2. The third-order valence-corrected chi connectivity index (χ3v) is 6.71. The molecule has 0 radical (unpaired) electrons. The van der Waals surface area contributed by atoms with Gasteiger partial charge in [0.1, 0.15) is 0 Å². The Bertz CT molecular complexity index is 1140. The lowest BCUT2D eigenvalue weighted by atomic mass is 9.81. The van der Waals surface area contributed by atoms with Crippen molar-refractivity contribution in [1.82, 2.24) is 4.90 Å². The molecule has 1 aliphatic rings. The molecule has 6 nitrogen and oxygen atoms in total. The second kappa shape index (κ2) is 9.67. The molecule has 1 N–H and O–H groups in total. The van der Waals surface area contributed by atoms with Crippen molar-refractivity contribution in [2.24, 2.45) is 5.92 Å². The molecule has 0 aliphatic carbocycles. The molecule has 1 aliphatic heterocycles. The number of ether oxygens (including phenoxy) is 2. The van der Waals surface area contributed by atoms with E-state index >= 15 is 0 Å². The van der Waals surface area contributed by atoms with Crippen LogP contribution in [-0.2, 0) is 4.79 Å². The van der Waals surface area contributed by atoms with E-state index in [0.717, 1.165) is 10.4 Å². The van der Waals surface area contributed by atoms with Crippen molar-refractivity contribution >= 4 is 28.8 Å². The topological polar surface area (TPSA) is 67.9 Å². The predicted octanol–water partition coefficient (Wildman–Crippen LogP) is 5.34. The fraction of sp³-hybridized carbons (Fsp3) is 0.308. The Morgan fingerprint density at radius 3 is 2.48 bits per heavy atom. The van der Waals surface area contributed by atoms with Gasteiger partial charge in [-0.15, -0.1) is 11.3 Å². The average Bonchev–Trinajstić information content (AvgIpc) is 3.34. The zero-order chi connectivity index (χ0) is 23.5. The molecule has 2 amide bonds. The van der Waals surface area contributed by atoms with Crippen molar-refractivity contribution in [2.45, 2.75) is 25.8 Å². The summed E-state index contributed by atoms with van der Waals surface area (Å²) in [7, 11) is 3.13. The van der Waals surface area contributed by atoms with Gasteiger partial charge in [-0.2, -0.15) is 0 Å². The Hall–Kier alpha value is -3.32. The molecule has 2 atom stereocenters. The van der Waals surface area contributed by atoms with E-state index in [-0.39, 0.29) is 23.8 Å². The number of anilines is 1. The van der Waals surface area contributed by atoms with Crippen LogP contribution in [0.3, 0.4) is 0 Å². The maximum absolute atomic E-state index is 13.8. The average molecular weight is 465 g/mol. The zero-order valence-corrected chi connectivity index (χ0v) is 20.0. The lowest BCUT2D eigenvalue weighted by Crippen LogP contribution is -2.47. The second-order valence-electron chi connectivity index (χ2n) is 8.44. The van der Waals surface area contributed by atoms with Gasteiger partial charge in [0.2, 0.25) is 5.91 Å². The van der Waals surface area contributed by atoms with Crippen LogP contribution in [0.5, 0.6) is 11.5 Å². The number of nitrogens with one attached hydrogen (secondary N) is 1. The van der Waals surface area contributed by atoms with E-state index in [2.05, 4.69) is 19.2 Å². The summed E-state index contributed by atoms with van der Waals surface area (Å²) in [4.78, 5) is 30.2. The fourth-order valence-corrected chi connectivity index (χ4v) is 5.25. The van der Waals surface area contributed by atoms with Crippen molar-refractivity contribution in [3.8, 4) is 11.5 Å². The highest BCUT2D eigenvalue weighted by atomic mass is 32.1. The second-order valence-corrected chi connectivity index (χ2v) is 9.41. The third kappa shape index (κ3) is 4.46. The van der Waals surface area contributed by atoms with Crippen LogP contribution in [0, 0.1) is 5.92 Å². The molecule has 2 aromatic carbocycles. The minimum Gasteiger partial charge on any atom is -0.493 e. The van der Waals surface area contributed by atoms with E-state index in [1.54, 1.807) is 43.8 Å². The number of nitrogens with zero attached hydrogens (tertiary/aromatic N) is 1. The Kier molecular flexibility index (Phi) is 6.70. The van der Waals surface area contributed by atoms with Crippen molar-refractivity contribution in [3.05, 3.63) is 76.0 Å². The Labute approximate surface area is 198 Å². The molecule has 33 heavy (non-hydrogen) atoms.